The topological polar surface area (TPSA) is 59.2 Å². The summed E-state index contributed by atoms with van der Waals surface area (Å²) in [5, 5.41) is 0.432. The molecule has 0 aliphatic rings. The van der Waals surface area contributed by atoms with Crippen molar-refractivity contribution in [2.24, 2.45) is 5.73 Å². The Labute approximate surface area is 146 Å². The van der Waals surface area contributed by atoms with E-state index in [9.17, 15) is 9.18 Å². The summed E-state index contributed by atoms with van der Waals surface area (Å²) in [6.07, 6.45) is 1.50. The lowest BCUT2D eigenvalue weighted by molar-refractivity contribution is 0.0717. The van der Waals surface area contributed by atoms with Crippen molar-refractivity contribution in [3.8, 4) is 11.1 Å². The number of halogens is 2. The van der Waals surface area contributed by atoms with Crippen LogP contribution in [0.4, 0.5) is 4.39 Å². The van der Waals surface area contributed by atoms with E-state index in [4.69, 9.17) is 17.3 Å². The highest BCUT2D eigenvalue weighted by Crippen LogP contribution is 2.30. The zero-order valence-corrected chi connectivity index (χ0v) is 14.8. The van der Waals surface area contributed by atoms with E-state index in [0.717, 1.165) is 0 Å². The van der Waals surface area contributed by atoms with Gasteiger partial charge in [-0.2, -0.15) is 0 Å². The predicted octanol–water partition coefficient (Wildman–Crippen LogP) is 3.87. The van der Waals surface area contributed by atoms with Gasteiger partial charge in [0.15, 0.2) is 0 Å². The number of aromatic nitrogens is 1. The fourth-order valence-electron chi connectivity index (χ4n) is 2.69. The molecule has 0 aliphatic heterocycles. The van der Waals surface area contributed by atoms with Crippen LogP contribution in [-0.4, -0.2) is 28.4 Å². The van der Waals surface area contributed by atoms with Gasteiger partial charge >= 0.3 is 0 Å². The van der Waals surface area contributed by atoms with Crippen LogP contribution < -0.4 is 5.73 Å². The van der Waals surface area contributed by atoms with E-state index < -0.39 is 5.82 Å². The van der Waals surface area contributed by atoms with Crippen LogP contribution in [0.1, 0.15) is 36.8 Å². The molecule has 0 atom stereocenters. The molecule has 0 saturated carbocycles. The molecule has 0 bridgehead atoms. The van der Waals surface area contributed by atoms with E-state index in [2.05, 4.69) is 4.98 Å². The molecule has 0 spiro atoms. The molecule has 2 N–H and O–H groups in total. The highest BCUT2D eigenvalue weighted by molar-refractivity contribution is 6.30. The Balaban J connectivity index is 2.65. The van der Waals surface area contributed by atoms with Crippen LogP contribution in [0, 0.1) is 5.82 Å². The molecule has 128 valence electrons. The Morgan fingerprint density at radius 2 is 2.04 bits per heavy atom. The molecule has 0 unspecified atom stereocenters. The van der Waals surface area contributed by atoms with Gasteiger partial charge in [0.05, 0.1) is 16.3 Å². The molecular weight excluding hydrogens is 329 g/mol. The molecule has 0 radical (unpaired) electrons. The number of hydrogen-bond donors (Lipinski definition) is 1. The van der Waals surface area contributed by atoms with Crippen LogP contribution in [0.5, 0.6) is 0 Å². The smallest absolute Gasteiger partial charge is 0.254 e. The maximum Gasteiger partial charge on any atom is 0.254 e. The highest BCUT2D eigenvalue weighted by Gasteiger charge is 2.22. The van der Waals surface area contributed by atoms with Crippen molar-refractivity contribution in [2.75, 3.05) is 6.54 Å². The molecular formula is C18H21ClFN3O. The normalized spacial score (nSPS) is 11.0. The van der Waals surface area contributed by atoms with Crippen molar-refractivity contribution < 1.29 is 9.18 Å². The maximum atomic E-state index is 13.8. The van der Waals surface area contributed by atoms with Crippen LogP contribution in [0.25, 0.3) is 11.1 Å². The Hall–Kier alpha value is -1.98. The van der Waals surface area contributed by atoms with Gasteiger partial charge in [0.25, 0.3) is 5.91 Å². The van der Waals surface area contributed by atoms with Gasteiger partial charge in [-0.3, -0.25) is 9.78 Å². The van der Waals surface area contributed by atoms with E-state index in [-0.39, 0.29) is 24.1 Å². The summed E-state index contributed by atoms with van der Waals surface area (Å²) in [5.41, 5.74) is 7.87. The third-order valence-corrected chi connectivity index (χ3v) is 4.06. The van der Waals surface area contributed by atoms with Crippen LogP contribution in [0.2, 0.25) is 5.02 Å². The lowest BCUT2D eigenvalue weighted by atomic mass is 9.97. The summed E-state index contributed by atoms with van der Waals surface area (Å²) in [7, 11) is 0. The van der Waals surface area contributed by atoms with E-state index in [1.165, 1.54) is 18.3 Å². The average molecular weight is 350 g/mol. The molecule has 24 heavy (non-hydrogen) atoms. The largest absolute Gasteiger partial charge is 0.336 e. The number of pyridine rings is 1. The number of carbonyl (C=O) groups is 1. The van der Waals surface area contributed by atoms with Crippen LogP contribution >= 0.6 is 11.6 Å². The van der Waals surface area contributed by atoms with Crippen molar-refractivity contribution >= 4 is 17.5 Å². The third kappa shape index (κ3) is 3.74. The lowest BCUT2D eigenvalue weighted by Crippen LogP contribution is -2.37. The Bertz CT molecular complexity index is 749. The molecule has 4 nitrogen and oxygen atoms in total. The van der Waals surface area contributed by atoms with E-state index in [1.54, 1.807) is 17.0 Å². The van der Waals surface area contributed by atoms with Gasteiger partial charge in [-0.25, -0.2) is 4.39 Å². The van der Waals surface area contributed by atoms with Crippen molar-refractivity contribution in [1.29, 1.82) is 0 Å². The zero-order valence-electron chi connectivity index (χ0n) is 14.0. The molecule has 2 aromatic rings. The Morgan fingerprint density at radius 3 is 2.62 bits per heavy atom. The average Bonchev–Trinajstić information content (AvgIpc) is 2.55. The number of carbonyl (C=O) groups excluding carboxylic acids is 1. The molecule has 1 amide bonds. The van der Waals surface area contributed by atoms with E-state index in [1.807, 2.05) is 20.8 Å². The third-order valence-electron chi connectivity index (χ3n) is 3.86. The molecule has 6 heteroatoms. The minimum Gasteiger partial charge on any atom is -0.336 e. The first-order valence-corrected chi connectivity index (χ1v) is 8.22. The molecule has 2 rings (SSSR count). The first-order chi connectivity index (χ1) is 11.4. The van der Waals surface area contributed by atoms with Crippen molar-refractivity contribution in [3.63, 3.8) is 0 Å². The van der Waals surface area contributed by atoms with Gasteiger partial charge in [0, 0.05) is 30.9 Å². The highest BCUT2D eigenvalue weighted by atomic mass is 35.5. The van der Waals surface area contributed by atoms with Gasteiger partial charge in [0.2, 0.25) is 0 Å². The van der Waals surface area contributed by atoms with Crippen LogP contribution in [-0.2, 0) is 6.54 Å². The number of benzene rings is 1. The monoisotopic (exact) mass is 349 g/mol. The number of nitrogens with zero attached hydrogens (tertiary/aromatic N) is 2. The summed E-state index contributed by atoms with van der Waals surface area (Å²) >= 11 is 6.05. The standard InChI is InChI=1S/C18H21ClFN3O/c1-4-23(11(2)3)18(24)16-8-13(20)5-6-14(16)15-7-12(19)10-22-17(15)9-21/h5-8,10-11H,4,9,21H2,1-3H3. The van der Waals surface area contributed by atoms with Gasteiger partial charge in [-0.1, -0.05) is 17.7 Å². The Kier molecular flexibility index (Phi) is 5.91. The number of amides is 1. The minimum atomic E-state index is -0.466. The predicted molar refractivity (Wildman–Crippen MR) is 94.4 cm³/mol. The molecule has 0 saturated heterocycles. The second-order valence-corrected chi connectivity index (χ2v) is 6.16. The molecule has 1 aromatic carbocycles. The molecule has 0 fully saturated rings. The van der Waals surface area contributed by atoms with Gasteiger partial charge < -0.3 is 10.6 Å². The number of hydrogen-bond acceptors (Lipinski definition) is 3. The fraction of sp³-hybridized carbons (Fsp3) is 0.333. The summed E-state index contributed by atoms with van der Waals surface area (Å²) in [6.45, 7) is 6.46. The van der Waals surface area contributed by atoms with Crippen molar-refractivity contribution in [3.05, 3.63) is 52.6 Å². The Morgan fingerprint density at radius 1 is 1.33 bits per heavy atom. The maximum absolute atomic E-state index is 13.8. The second-order valence-electron chi connectivity index (χ2n) is 5.73. The summed E-state index contributed by atoms with van der Waals surface area (Å²) in [6, 6.07) is 5.85. The summed E-state index contributed by atoms with van der Waals surface area (Å²) in [4.78, 5) is 18.8. The number of nitrogens with two attached hydrogens (primary N) is 1. The fourth-order valence-corrected chi connectivity index (χ4v) is 2.85. The van der Waals surface area contributed by atoms with Crippen LogP contribution in [0.15, 0.2) is 30.5 Å². The molecule has 1 heterocycles. The summed E-state index contributed by atoms with van der Waals surface area (Å²) in [5.74, 6) is -0.698. The summed E-state index contributed by atoms with van der Waals surface area (Å²) < 4.78 is 13.8. The van der Waals surface area contributed by atoms with Gasteiger partial charge in [-0.05, 0) is 44.5 Å². The van der Waals surface area contributed by atoms with E-state index >= 15 is 0 Å². The minimum absolute atomic E-state index is 0.00471. The zero-order chi connectivity index (χ0) is 17.9. The first-order valence-electron chi connectivity index (χ1n) is 7.84. The quantitative estimate of drug-likeness (QED) is 0.891. The van der Waals surface area contributed by atoms with Crippen LogP contribution in [0.3, 0.4) is 0 Å². The first kappa shape index (κ1) is 18.4. The second kappa shape index (κ2) is 7.73. The SMILES string of the molecule is CCN(C(=O)c1cc(F)ccc1-c1cc(Cl)cnc1CN)C(C)C. The van der Waals surface area contributed by atoms with Crippen molar-refractivity contribution in [2.45, 2.75) is 33.4 Å². The lowest BCUT2D eigenvalue weighted by Gasteiger charge is -2.26. The molecule has 0 aliphatic carbocycles. The van der Waals surface area contributed by atoms with E-state index in [0.29, 0.717) is 28.4 Å². The number of rotatable bonds is 5. The van der Waals surface area contributed by atoms with Crippen molar-refractivity contribution in [1.82, 2.24) is 9.88 Å². The molecule has 1 aromatic heterocycles. The van der Waals surface area contributed by atoms with Gasteiger partial charge in [0.1, 0.15) is 5.82 Å². The van der Waals surface area contributed by atoms with Gasteiger partial charge in [-0.15, -0.1) is 0 Å².